The van der Waals surface area contributed by atoms with E-state index in [9.17, 15) is 9.59 Å². The average molecular weight is 470 g/mol. The van der Waals surface area contributed by atoms with E-state index < -0.39 is 5.92 Å². The molecule has 2 atom stereocenters. The van der Waals surface area contributed by atoms with Crippen molar-refractivity contribution < 1.29 is 18.7 Å². The maximum Gasteiger partial charge on any atom is 0.255 e. The van der Waals surface area contributed by atoms with Crippen LogP contribution in [-0.2, 0) is 9.59 Å². The molecule has 0 bridgehead atoms. The van der Waals surface area contributed by atoms with Gasteiger partial charge in [-0.1, -0.05) is 18.2 Å². The molecule has 2 N–H and O–H groups in total. The average Bonchev–Trinajstić information content (AvgIpc) is 3.39. The zero-order valence-corrected chi connectivity index (χ0v) is 19.7. The Bertz CT molecular complexity index is 1290. The Morgan fingerprint density at radius 3 is 2.66 bits per heavy atom. The number of hydrogen-bond acceptors (Lipinski definition) is 6. The summed E-state index contributed by atoms with van der Waals surface area (Å²) in [5.74, 6) is 1.17. The van der Waals surface area contributed by atoms with Gasteiger partial charge in [0.1, 0.15) is 17.3 Å². The molecule has 3 heterocycles. The van der Waals surface area contributed by atoms with Crippen LogP contribution in [0.4, 0.5) is 5.82 Å². The number of allylic oxidation sites excluding steroid dienone is 3. The summed E-state index contributed by atoms with van der Waals surface area (Å²) in [5.41, 5.74) is 3.55. The minimum absolute atomic E-state index is 0.00895. The standard InChI is InChI=1S/C28H27N3O4/c1-3-34-20-11-9-18(10-12-20)26-25(28(33)31-24-8-4-5-13-29-24)17(2)30-21-15-19(16-22(32)27(21)26)23-7-6-14-35-23/h4-14,19,26,30H,3,15-16H2,1-2H3,(H,29,31,33). The Labute approximate surface area is 203 Å². The van der Waals surface area contributed by atoms with Gasteiger partial charge < -0.3 is 19.8 Å². The maximum atomic E-state index is 13.6. The number of rotatable bonds is 6. The molecule has 2 aromatic heterocycles. The SMILES string of the molecule is CCOc1ccc(C2C(C(=O)Nc3ccccn3)=C(C)NC3=C2C(=O)CC(c2ccco2)C3)cc1. The van der Waals surface area contributed by atoms with Crippen molar-refractivity contribution in [1.82, 2.24) is 10.3 Å². The van der Waals surface area contributed by atoms with E-state index in [1.54, 1.807) is 24.6 Å². The Morgan fingerprint density at radius 2 is 1.97 bits per heavy atom. The number of furan rings is 1. The van der Waals surface area contributed by atoms with E-state index in [2.05, 4.69) is 15.6 Å². The number of hydrogen-bond donors (Lipinski definition) is 2. The van der Waals surface area contributed by atoms with Gasteiger partial charge in [0, 0.05) is 47.0 Å². The fraction of sp³-hybridized carbons (Fsp3) is 0.250. The molecule has 1 aliphatic heterocycles. The van der Waals surface area contributed by atoms with Gasteiger partial charge in [-0.2, -0.15) is 0 Å². The van der Waals surface area contributed by atoms with Crippen LogP contribution in [0.5, 0.6) is 5.75 Å². The van der Waals surface area contributed by atoms with Crippen molar-refractivity contribution in [2.24, 2.45) is 0 Å². The summed E-state index contributed by atoms with van der Waals surface area (Å²) < 4.78 is 11.2. The molecular formula is C28H27N3O4. The Hall–Kier alpha value is -4.13. The topological polar surface area (TPSA) is 93.5 Å². The lowest BCUT2D eigenvalue weighted by atomic mass is 9.72. The predicted octanol–water partition coefficient (Wildman–Crippen LogP) is 5.07. The second-order valence-corrected chi connectivity index (χ2v) is 8.70. The fourth-order valence-electron chi connectivity index (χ4n) is 4.94. The summed E-state index contributed by atoms with van der Waals surface area (Å²) in [6, 6.07) is 16.7. The lowest BCUT2D eigenvalue weighted by Crippen LogP contribution is -2.37. The van der Waals surface area contributed by atoms with Crippen molar-refractivity contribution in [3.05, 3.63) is 101 Å². The van der Waals surface area contributed by atoms with E-state index in [0.717, 1.165) is 22.8 Å². The molecule has 1 amide bonds. The molecule has 178 valence electrons. The first-order valence-corrected chi connectivity index (χ1v) is 11.8. The lowest BCUT2D eigenvalue weighted by Gasteiger charge is -2.36. The Morgan fingerprint density at radius 1 is 1.14 bits per heavy atom. The molecule has 0 spiro atoms. The van der Waals surface area contributed by atoms with Gasteiger partial charge in [-0.25, -0.2) is 4.98 Å². The molecule has 7 nitrogen and oxygen atoms in total. The highest BCUT2D eigenvalue weighted by molar-refractivity contribution is 6.09. The van der Waals surface area contributed by atoms with Gasteiger partial charge in [-0.05, 0) is 62.2 Å². The number of nitrogens with zero attached hydrogens (tertiary/aromatic N) is 1. The molecule has 1 aliphatic carbocycles. The Kier molecular flexibility index (Phi) is 6.23. The van der Waals surface area contributed by atoms with Crippen LogP contribution in [0.25, 0.3) is 0 Å². The summed E-state index contributed by atoms with van der Waals surface area (Å²) in [5, 5.41) is 6.27. The number of anilines is 1. The number of Topliss-reactive ketones (excluding diaryl/α,β-unsaturated/α-hetero) is 1. The van der Waals surface area contributed by atoms with E-state index in [0.29, 0.717) is 42.1 Å². The van der Waals surface area contributed by atoms with Crippen molar-refractivity contribution >= 4 is 17.5 Å². The summed E-state index contributed by atoms with van der Waals surface area (Å²) >= 11 is 0. The van der Waals surface area contributed by atoms with Gasteiger partial charge in [0.15, 0.2) is 5.78 Å². The van der Waals surface area contributed by atoms with Crippen molar-refractivity contribution in [1.29, 1.82) is 0 Å². The van der Waals surface area contributed by atoms with Crippen LogP contribution in [0, 0.1) is 0 Å². The maximum absolute atomic E-state index is 13.6. The number of pyridine rings is 1. The van der Waals surface area contributed by atoms with Gasteiger partial charge in [-0.3, -0.25) is 9.59 Å². The first kappa shape index (κ1) is 22.7. The number of benzene rings is 1. The molecule has 7 heteroatoms. The molecule has 3 aromatic rings. The molecule has 2 unspecified atom stereocenters. The molecule has 0 saturated carbocycles. The van der Waals surface area contributed by atoms with Gasteiger partial charge in [0.25, 0.3) is 5.91 Å². The van der Waals surface area contributed by atoms with Crippen molar-refractivity contribution in [3.63, 3.8) is 0 Å². The van der Waals surface area contributed by atoms with Crippen molar-refractivity contribution in [2.45, 2.75) is 38.5 Å². The number of ether oxygens (including phenoxy) is 1. The smallest absolute Gasteiger partial charge is 0.255 e. The van der Waals surface area contributed by atoms with Crippen LogP contribution in [-0.4, -0.2) is 23.3 Å². The molecule has 2 aliphatic rings. The molecule has 1 aromatic carbocycles. The van der Waals surface area contributed by atoms with E-state index in [1.807, 2.05) is 56.3 Å². The normalized spacial score (nSPS) is 19.8. The number of carbonyl (C=O) groups excluding carboxylic acids is 2. The number of carbonyl (C=O) groups is 2. The van der Waals surface area contributed by atoms with Crippen molar-refractivity contribution in [2.75, 3.05) is 11.9 Å². The number of amides is 1. The second kappa shape index (κ2) is 9.62. The van der Waals surface area contributed by atoms with E-state index in [-0.39, 0.29) is 17.6 Å². The van der Waals surface area contributed by atoms with E-state index >= 15 is 0 Å². The van der Waals surface area contributed by atoms with E-state index in [1.165, 1.54) is 0 Å². The van der Waals surface area contributed by atoms with Crippen LogP contribution >= 0.6 is 0 Å². The highest BCUT2D eigenvalue weighted by Gasteiger charge is 2.41. The molecule has 0 fully saturated rings. The minimum Gasteiger partial charge on any atom is -0.494 e. The fourth-order valence-corrected chi connectivity index (χ4v) is 4.94. The monoisotopic (exact) mass is 469 g/mol. The summed E-state index contributed by atoms with van der Waals surface area (Å²) in [4.78, 5) is 31.4. The lowest BCUT2D eigenvalue weighted by molar-refractivity contribution is -0.116. The predicted molar refractivity (Wildman–Crippen MR) is 132 cm³/mol. The molecule has 0 radical (unpaired) electrons. The third kappa shape index (κ3) is 4.49. The van der Waals surface area contributed by atoms with Gasteiger partial charge in [-0.15, -0.1) is 0 Å². The minimum atomic E-state index is -0.504. The Balaban J connectivity index is 1.56. The molecule has 5 rings (SSSR count). The number of nitrogens with one attached hydrogen (secondary N) is 2. The molecular weight excluding hydrogens is 442 g/mol. The summed E-state index contributed by atoms with van der Waals surface area (Å²) in [7, 11) is 0. The first-order valence-electron chi connectivity index (χ1n) is 11.8. The van der Waals surface area contributed by atoms with Gasteiger partial charge in [0.2, 0.25) is 0 Å². The number of aromatic nitrogens is 1. The van der Waals surface area contributed by atoms with Crippen LogP contribution < -0.4 is 15.4 Å². The summed E-state index contributed by atoms with van der Waals surface area (Å²) in [6.45, 7) is 4.37. The third-order valence-electron chi connectivity index (χ3n) is 6.45. The quantitative estimate of drug-likeness (QED) is 0.523. The van der Waals surface area contributed by atoms with Crippen LogP contribution in [0.1, 0.15) is 49.8 Å². The largest absolute Gasteiger partial charge is 0.494 e. The van der Waals surface area contributed by atoms with Crippen LogP contribution in [0.15, 0.2) is 94.0 Å². The first-order chi connectivity index (χ1) is 17.0. The van der Waals surface area contributed by atoms with Crippen LogP contribution in [0.2, 0.25) is 0 Å². The van der Waals surface area contributed by atoms with Gasteiger partial charge >= 0.3 is 0 Å². The highest BCUT2D eigenvalue weighted by atomic mass is 16.5. The van der Waals surface area contributed by atoms with Crippen LogP contribution in [0.3, 0.4) is 0 Å². The zero-order chi connectivity index (χ0) is 24.4. The summed E-state index contributed by atoms with van der Waals surface area (Å²) in [6.07, 6.45) is 4.22. The third-order valence-corrected chi connectivity index (χ3v) is 6.45. The van der Waals surface area contributed by atoms with Crippen molar-refractivity contribution in [3.8, 4) is 5.75 Å². The molecule has 35 heavy (non-hydrogen) atoms. The number of dihydropyridines is 1. The second-order valence-electron chi connectivity index (χ2n) is 8.70. The molecule has 0 saturated heterocycles. The number of ketones is 1. The van der Waals surface area contributed by atoms with Gasteiger partial charge in [0.05, 0.1) is 12.9 Å². The van der Waals surface area contributed by atoms with E-state index in [4.69, 9.17) is 9.15 Å². The zero-order valence-electron chi connectivity index (χ0n) is 19.7. The highest BCUT2D eigenvalue weighted by Crippen LogP contribution is 2.45.